The van der Waals surface area contributed by atoms with Gasteiger partial charge in [-0.05, 0) is 124 Å². The molecule has 13 atom stereocenters. The van der Waals surface area contributed by atoms with Gasteiger partial charge in [-0.25, -0.2) is 4.79 Å². The van der Waals surface area contributed by atoms with Crippen LogP contribution in [0.3, 0.4) is 0 Å². The molecule has 0 bridgehead atoms. The van der Waals surface area contributed by atoms with Crippen LogP contribution >= 0.6 is 0 Å². The van der Waals surface area contributed by atoms with Gasteiger partial charge in [0, 0.05) is 32.4 Å². The van der Waals surface area contributed by atoms with Crippen molar-refractivity contribution in [2.75, 3.05) is 39.3 Å². The summed E-state index contributed by atoms with van der Waals surface area (Å²) in [5.41, 5.74) is 23.5. The van der Waals surface area contributed by atoms with E-state index >= 15 is 0 Å². The first-order valence-electron chi connectivity index (χ1n) is 39.4. The Morgan fingerprint density at radius 3 is 1.39 bits per heavy atom. The lowest BCUT2D eigenvalue weighted by Gasteiger charge is -2.31. The van der Waals surface area contributed by atoms with Gasteiger partial charge >= 0.3 is 11.9 Å². The summed E-state index contributed by atoms with van der Waals surface area (Å²) in [5, 5.41) is 83.4. The van der Waals surface area contributed by atoms with Gasteiger partial charge in [-0.3, -0.25) is 82.1 Å². The highest BCUT2D eigenvalue weighted by Crippen LogP contribution is 2.22. The highest BCUT2D eigenvalue weighted by atomic mass is 16.4. The van der Waals surface area contributed by atoms with Gasteiger partial charge in [0.2, 0.25) is 88.6 Å². The zero-order chi connectivity index (χ0) is 88.0. The molecule has 0 radical (unpaired) electrons. The predicted octanol–water partition coefficient (Wildman–Crippen LogP) is -5.60. The average molecular weight is 1670 g/mol. The number of aliphatic hydroxyl groups excluding tert-OH is 1. The molecule has 0 aliphatic carbocycles. The number of primary amides is 2. The molecule has 0 spiro atoms. The van der Waals surface area contributed by atoms with E-state index in [2.05, 4.69) is 74.4 Å². The van der Waals surface area contributed by atoms with Gasteiger partial charge in [-0.15, -0.1) is 0 Å². The number of aliphatic hydroxyl groups is 1. The SMILES string of the molecule is CC(C)C[C@H](NC(=O)[C@H](Cc1ccc(O)cc1)NC(=O)[C@H](Cc1ccccc1)NC(=O)CNC(=O)[C@H](CO)NC(=O)[C@@H]1CCCN1)C(=O)N[C@@H](CCCCN)C(=O)N[C@@H](CC(C)C)C(=O)N[C@@H](CC(=O)O)C(=O)N1CCC[C@H]1C(=O)N[C@@H](CCCNC(=N)N)C(=O)N[C@@H](CC(N)=O)C(=O)N[C@@H](Cc1ccccc1)C(=O)N[C@@H](CC(N)=O)C(=O)O. The molecule has 2 heterocycles. The number of likely N-dealkylation sites (tertiary alicyclic amines) is 1. The smallest absolute Gasteiger partial charge is 0.326 e. The van der Waals surface area contributed by atoms with Crippen molar-refractivity contribution in [3.05, 3.63) is 102 Å². The van der Waals surface area contributed by atoms with E-state index in [4.69, 9.17) is 28.3 Å². The van der Waals surface area contributed by atoms with Crippen molar-refractivity contribution in [1.29, 1.82) is 5.41 Å². The van der Waals surface area contributed by atoms with Gasteiger partial charge in [0.15, 0.2) is 5.96 Å². The number of nitrogens with two attached hydrogens (primary N) is 4. The van der Waals surface area contributed by atoms with Crippen LogP contribution in [-0.2, 0) is 101 Å². The Balaban J connectivity index is 1.37. The number of carboxylic acids is 2. The first-order valence-corrected chi connectivity index (χ1v) is 39.4. The minimum atomic E-state index is -1.93. The van der Waals surface area contributed by atoms with E-state index in [9.17, 15) is 102 Å². The van der Waals surface area contributed by atoms with E-state index in [1.165, 1.54) is 24.3 Å². The number of unbranched alkanes of at least 4 members (excludes halogenated alkanes) is 1. The normalized spacial score (nSPS) is 16.4. The Morgan fingerprint density at radius 1 is 0.471 bits per heavy atom. The second-order valence-electron chi connectivity index (χ2n) is 30.0. The molecule has 652 valence electrons. The van der Waals surface area contributed by atoms with Crippen LogP contribution in [0.1, 0.15) is 134 Å². The number of phenolic OH excluding ortho intramolecular Hbond substituents is 1. The number of carbonyl (C=O) groups excluding carboxylic acids is 15. The number of rotatable bonds is 51. The number of carbonyl (C=O) groups is 17. The fourth-order valence-corrected chi connectivity index (χ4v) is 13.2. The second-order valence-corrected chi connectivity index (χ2v) is 30.0. The van der Waals surface area contributed by atoms with Gasteiger partial charge < -0.3 is 123 Å². The van der Waals surface area contributed by atoms with Gasteiger partial charge in [0.05, 0.1) is 38.5 Å². The predicted molar refractivity (Wildman–Crippen MR) is 428 cm³/mol. The number of aliphatic carboxylic acids is 2. The van der Waals surface area contributed by atoms with E-state index in [-0.39, 0.29) is 102 Å². The zero-order valence-corrected chi connectivity index (χ0v) is 67.0. The van der Waals surface area contributed by atoms with Crippen LogP contribution < -0.4 is 97.4 Å². The summed E-state index contributed by atoms with van der Waals surface area (Å²) in [4.78, 5) is 235. The van der Waals surface area contributed by atoms with Crippen molar-refractivity contribution in [2.24, 2.45) is 34.8 Å². The molecule has 2 saturated heterocycles. The lowest BCUT2D eigenvalue weighted by molar-refractivity contribution is -0.146. The summed E-state index contributed by atoms with van der Waals surface area (Å²) in [6.45, 7) is 5.82. The molecule has 41 nitrogen and oxygen atoms in total. The van der Waals surface area contributed by atoms with E-state index < -0.39 is 223 Å². The first kappa shape index (κ1) is 97.2. The number of aromatic hydroxyl groups is 1. The van der Waals surface area contributed by atoms with Gasteiger partial charge in [-0.1, -0.05) is 100 Å². The quantitative estimate of drug-likeness (QED) is 0.0142. The van der Waals surface area contributed by atoms with Gasteiger partial charge in [-0.2, -0.15) is 0 Å². The van der Waals surface area contributed by atoms with Crippen LogP contribution in [0.5, 0.6) is 5.75 Å². The standard InChI is InChI=1S/C78H114N20O21/c1-42(2)32-51(91-72(113)55(36-46-24-26-47(100)27-25-46)92-71(112)53(34-44-16-7-5-8-17-44)87-63(103)40-86-65(106)59(41-99)97-66(107)48-21-13-29-84-48)69(110)88-49(20-11-12-28-79)67(108)90-52(33-43(3)4)70(111)95-57(39-64(104)105)76(117)98-31-15-23-60(98)75(116)89-50(22-14-30-85-78(82)83)68(109)94-56(37-61(80)101)74(115)93-54(35-45-18-9-6-10-19-45)73(114)96-58(77(118)119)38-62(81)102/h5-10,16-19,24-27,42-43,48-60,84,99-100H,11-15,20-23,28-41,79H2,1-4H3,(H2,80,101)(H2,81,102)(H,86,106)(H,87,103)(H,88,110)(H,89,116)(H,90,108)(H,91,113)(H,92,112)(H,93,115)(H,94,109)(H,95,111)(H,96,114)(H,97,107)(H,104,105)(H,118,119)(H4,82,83,85)/t48-,49-,50-,51-,52-,53-,54-,55-,56-,57-,58-,59-,60-/m0/s1. The molecule has 5 rings (SSSR count). The third kappa shape index (κ3) is 34.4. The second kappa shape index (κ2) is 49.6. The van der Waals surface area contributed by atoms with E-state index in [0.29, 0.717) is 36.1 Å². The lowest BCUT2D eigenvalue weighted by atomic mass is 9.99. The average Bonchev–Trinajstić information content (AvgIpc) is 1.78. The molecule has 3 aromatic carbocycles. The molecule has 119 heavy (non-hydrogen) atoms. The molecule has 0 saturated carbocycles. The largest absolute Gasteiger partial charge is 0.508 e. The molecule has 2 aliphatic heterocycles. The van der Waals surface area contributed by atoms with Crippen LogP contribution in [0.4, 0.5) is 0 Å². The number of hydrogen-bond donors (Lipinski definition) is 23. The number of hydrogen-bond acceptors (Lipinski definition) is 22. The molecule has 3 aromatic rings. The Morgan fingerprint density at radius 2 is 0.908 bits per heavy atom. The highest BCUT2D eigenvalue weighted by Gasteiger charge is 2.43. The zero-order valence-electron chi connectivity index (χ0n) is 67.0. The maximum atomic E-state index is 14.9. The van der Waals surface area contributed by atoms with Crippen molar-refractivity contribution < 1.29 is 102 Å². The van der Waals surface area contributed by atoms with Crippen LogP contribution in [0.15, 0.2) is 84.9 Å². The van der Waals surface area contributed by atoms with Crippen molar-refractivity contribution in [2.45, 2.75) is 215 Å². The highest BCUT2D eigenvalue weighted by molar-refractivity contribution is 6.01. The monoisotopic (exact) mass is 1670 g/mol. The summed E-state index contributed by atoms with van der Waals surface area (Å²) in [6, 6.07) is 2.25. The minimum absolute atomic E-state index is 0.0194. The number of carboxylic acid groups (broad SMARTS) is 2. The van der Waals surface area contributed by atoms with Crippen LogP contribution in [0.2, 0.25) is 0 Å². The third-order valence-electron chi connectivity index (χ3n) is 19.2. The summed E-state index contributed by atoms with van der Waals surface area (Å²) in [7, 11) is 0. The number of phenols is 1. The Bertz CT molecular complexity index is 4000. The molecule has 0 unspecified atom stereocenters. The molecule has 2 aliphatic rings. The Kier molecular flexibility index (Phi) is 40.5. The van der Waals surface area contributed by atoms with Crippen molar-refractivity contribution in [3.63, 3.8) is 0 Å². The molecule has 0 aromatic heterocycles. The van der Waals surface area contributed by atoms with Crippen LogP contribution in [0.25, 0.3) is 0 Å². The van der Waals surface area contributed by atoms with E-state index in [0.717, 1.165) is 11.3 Å². The fourth-order valence-electron chi connectivity index (χ4n) is 13.2. The van der Waals surface area contributed by atoms with Crippen molar-refractivity contribution in [1.82, 2.24) is 79.3 Å². The number of nitrogens with one attached hydrogen (secondary N) is 15. The maximum absolute atomic E-state index is 14.9. The van der Waals surface area contributed by atoms with Crippen molar-refractivity contribution >= 4 is 107 Å². The van der Waals surface area contributed by atoms with Gasteiger partial charge in [0.1, 0.15) is 78.3 Å². The molecule has 41 heteroatoms. The molecule has 27 N–H and O–H groups in total. The fraction of sp³-hybridized carbons (Fsp3) is 0.538. The molecular formula is C78H114N20O21. The summed E-state index contributed by atoms with van der Waals surface area (Å²) >= 11 is 0. The first-order chi connectivity index (χ1) is 56.4. The van der Waals surface area contributed by atoms with Crippen molar-refractivity contribution in [3.8, 4) is 5.75 Å². The molecule has 2 fully saturated rings. The lowest BCUT2D eigenvalue weighted by Crippen LogP contribution is -2.61. The third-order valence-corrected chi connectivity index (χ3v) is 19.2. The van der Waals surface area contributed by atoms with E-state index in [1.54, 1.807) is 88.4 Å². The number of amides is 15. The van der Waals surface area contributed by atoms with Gasteiger partial charge in [0.25, 0.3) is 0 Å². The maximum Gasteiger partial charge on any atom is 0.326 e. The van der Waals surface area contributed by atoms with E-state index in [1.807, 2.05) is 0 Å². The Hall–Kier alpha value is -12.4. The summed E-state index contributed by atoms with van der Waals surface area (Å²) in [5.74, 6) is -19.3. The number of guanidine groups is 1. The summed E-state index contributed by atoms with van der Waals surface area (Å²) in [6.07, 6.45) is -2.33. The number of nitrogens with zero attached hydrogens (tertiary/aromatic N) is 1. The summed E-state index contributed by atoms with van der Waals surface area (Å²) < 4.78 is 0. The Labute approximate surface area is 687 Å². The molecule has 15 amide bonds. The van der Waals surface area contributed by atoms with Crippen LogP contribution in [0, 0.1) is 17.2 Å². The number of benzene rings is 3. The molecular weight excluding hydrogens is 1550 g/mol. The van der Waals surface area contributed by atoms with Crippen LogP contribution in [-0.4, -0.2) is 250 Å². The topological polar surface area (TPSA) is 671 Å². The minimum Gasteiger partial charge on any atom is -0.508 e.